The van der Waals surface area contributed by atoms with E-state index in [-0.39, 0.29) is 12.1 Å². The normalized spacial score (nSPS) is 17.5. The van der Waals surface area contributed by atoms with Crippen LogP contribution in [0.3, 0.4) is 0 Å². The number of hydrogen-bond acceptors (Lipinski definition) is 4. The molecule has 0 spiro atoms. The second kappa shape index (κ2) is 7.79. The van der Waals surface area contributed by atoms with Gasteiger partial charge in [-0.15, -0.1) is 0 Å². The fourth-order valence-corrected chi connectivity index (χ4v) is 2.53. The van der Waals surface area contributed by atoms with E-state index in [0.717, 1.165) is 25.9 Å². The summed E-state index contributed by atoms with van der Waals surface area (Å²) in [6.45, 7) is 1.04. The lowest BCUT2D eigenvalue weighted by Crippen LogP contribution is -2.26. The van der Waals surface area contributed by atoms with E-state index >= 15 is 0 Å². The van der Waals surface area contributed by atoms with E-state index in [1.165, 1.54) is 0 Å². The minimum atomic E-state index is -0.384. The summed E-state index contributed by atoms with van der Waals surface area (Å²) in [6, 6.07) is 16.5. The summed E-state index contributed by atoms with van der Waals surface area (Å²) in [6.07, 6.45) is 3.15. The fourth-order valence-electron chi connectivity index (χ4n) is 2.53. The van der Waals surface area contributed by atoms with Crippen molar-refractivity contribution in [3.63, 3.8) is 0 Å². The zero-order chi connectivity index (χ0) is 15.9. The van der Waals surface area contributed by atoms with Gasteiger partial charge in [0, 0.05) is 6.61 Å². The molecule has 1 saturated heterocycles. The lowest BCUT2D eigenvalue weighted by molar-refractivity contribution is -0.0301. The van der Waals surface area contributed by atoms with Crippen molar-refractivity contribution in [1.29, 1.82) is 0 Å². The van der Waals surface area contributed by atoms with Crippen LogP contribution in [-0.4, -0.2) is 25.3 Å². The van der Waals surface area contributed by atoms with Crippen LogP contribution in [-0.2, 0) is 9.47 Å². The van der Waals surface area contributed by atoms with Crippen LogP contribution < -0.4 is 4.74 Å². The number of benzene rings is 2. The Labute approximate surface area is 136 Å². The van der Waals surface area contributed by atoms with Crippen LogP contribution in [0, 0.1) is 0 Å². The molecule has 1 fully saturated rings. The molecule has 0 saturated carbocycles. The SMILES string of the molecule is O=C(OCC1CCCCO1)c1ccccc1Oc1ccccc1. The molecule has 0 bridgehead atoms. The molecule has 23 heavy (non-hydrogen) atoms. The van der Waals surface area contributed by atoms with Gasteiger partial charge in [-0.05, 0) is 43.5 Å². The van der Waals surface area contributed by atoms with Crippen molar-refractivity contribution in [3.05, 3.63) is 60.2 Å². The zero-order valence-corrected chi connectivity index (χ0v) is 12.9. The molecule has 0 amide bonds. The first-order valence-corrected chi connectivity index (χ1v) is 7.93. The molecule has 3 rings (SSSR count). The molecule has 4 nitrogen and oxygen atoms in total. The molecule has 120 valence electrons. The van der Waals surface area contributed by atoms with Crippen molar-refractivity contribution in [1.82, 2.24) is 0 Å². The van der Waals surface area contributed by atoms with E-state index in [4.69, 9.17) is 14.2 Å². The van der Waals surface area contributed by atoms with Gasteiger partial charge in [0.15, 0.2) is 0 Å². The predicted octanol–water partition coefficient (Wildman–Crippen LogP) is 4.20. The first-order chi connectivity index (χ1) is 11.3. The van der Waals surface area contributed by atoms with Crippen molar-refractivity contribution in [2.24, 2.45) is 0 Å². The maximum Gasteiger partial charge on any atom is 0.342 e. The Hall–Kier alpha value is -2.33. The number of rotatable bonds is 5. The minimum absolute atomic E-state index is 0.00917. The Morgan fingerprint density at radius 1 is 1.04 bits per heavy atom. The van der Waals surface area contributed by atoms with Gasteiger partial charge in [-0.1, -0.05) is 30.3 Å². The van der Waals surface area contributed by atoms with E-state index in [2.05, 4.69) is 0 Å². The average molecular weight is 312 g/mol. The zero-order valence-electron chi connectivity index (χ0n) is 12.9. The Morgan fingerprint density at radius 2 is 1.83 bits per heavy atom. The highest BCUT2D eigenvalue weighted by Crippen LogP contribution is 2.25. The number of hydrogen-bond donors (Lipinski definition) is 0. The van der Waals surface area contributed by atoms with Crippen molar-refractivity contribution in [2.45, 2.75) is 25.4 Å². The molecule has 1 unspecified atom stereocenters. The number of esters is 1. The van der Waals surface area contributed by atoms with Gasteiger partial charge in [0.1, 0.15) is 23.7 Å². The Balaban J connectivity index is 1.65. The standard InChI is InChI=1S/C19H20O4/c20-19(22-14-16-10-6-7-13-21-16)17-11-4-5-12-18(17)23-15-8-2-1-3-9-15/h1-5,8-9,11-12,16H,6-7,10,13-14H2. The summed E-state index contributed by atoms with van der Waals surface area (Å²) in [4.78, 5) is 12.3. The van der Waals surface area contributed by atoms with Crippen molar-refractivity contribution >= 4 is 5.97 Å². The second-order valence-corrected chi connectivity index (χ2v) is 5.50. The first-order valence-electron chi connectivity index (χ1n) is 7.93. The van der Waals surface area contributed by atoms with Crippen LogP contribution in [0.15, 0.2) is 54.6 Å². The molecule has 2 aromatic rings. The Kier molecular flexibility index (Phi) is 5.27. The van der Waals surface area contributed by atoms with Crippen LogP contribution >= 0.6 is 0 Å². The third-order valence-electron chi connectivity index (χ3n) is 3.75. The molecule has 0 aliphatic carbocycles. The van der Waals surface area contributed by atoms with Crippen LogP contribution in [0.1, 0.15) is 29.6 Å². The lowest BCUT2D eigenvalue weighted by atomic mass is 10.1. The second-order valence-electron chi connectivity index (χ2n) is 5.50. The number of carbonyl (C=O) groups is 1. The highest BCUT2D eigenvalue weighted by Gasteiger charge is 2.19. The maximum absolute atomic E-state index is 12.3. The molecule has 1 aliphatic heterocycles. The molecular weight excluding hydrogens is 292 g/mol. The summed E-state index contributed by atoms with van der Waals surface area (Å²) in [5.41, 5.74) is 0.423. The molecule has 4 heteroatoms. The van der Waals surface area contributed by atoms with E-state index in [0.29, 0.717) is 23.7 Å². The Morgan fingerprint density at radius 3 is 2.61 bits per heavy atom. The van der Waals surface area contributed by atoms with E-state index in [9.17, 15) is 4.79 Å². The van der Waals surface area contributed by atoms with E-state index in [1.807, 2.05) is 36.4 Å². The van der Waals surface area contributed by atoms with Gasteiger partial charge in [0.05, 0.1) is 6.10 Å². The quantitative estimate of drug-likeness (QED) is 0.776. The summed E-state index contributed by atoms with van der Waals surface area (Å²) < 4.78 is 16.8. The third-order valence-corrected chi connectivity index (χ3v) is 3.75. The summed E-state index contributed by atoms with van der Waals surface area (Å²) in [7, 11) is 0. The number of ether oxygens (including phenoxy) is 3. The molecule has 0 radical (unpaired) electrons. The van der Waals surface area contributed by atoms with E-state index < -0.39 is 0 Å². The summed E-state index contributed by atoms with van der Waals surface area (Å²) >= 11 is 0. The van der Waals surface area contributed by atoms with Gasteiger partial charge in [0.2, 0.25) is 0 Å². The molecule has 1 heterocycles. The Bertz CT molecular complexity index is 633. The smallest absolute Gasteiger partial charge is 0.342 e. The van der Waals surface area contributed by atoms with Crippen LogP contribution in [0.5, 0.6) is 11.5 Å². The largest absolute Gasteiger partial charge is 0.459 e. The van der Waals surface area contributed by atoms with Crippen molar-refractivity contribution in [3.8, 4) is 11.5 Å². The molecule has 0 aromatic heterocycles. The average Bonchev–Trinajstić information content (AvgIpc) is 2.62. The highest BCUT2D eigenvalue weighted by molar-refractivity contribution is 5.92. The first kappa shape index (κ1) is 15.6. The van der Waals surface area contributed by atoms with Crippen LogP contribution in [0.25, 0.3) is 0 Å². The topological polar surface area (TPSA) is 44.8 Å². The minimum Gasteiger partial charge on any atom is -0.459 e. The van der Waals surface area contributed by atoms with Gasteiger partial charge in [-0.2, -0.15) is 0 Å². The molecule has 2 aromatic carbocycles. The van der Waals surface area contributed by atoms with Crippen LogP contribution in [0.4, 0.5) is 0 Å². The van der Waals surface area contributed by atoms with Gasteiger partial charge in [0.25, 0.3) is 0 Å². The summed E-state index contributed by atoms with van der Waals surface area (Å²) in [5, 5.41) is 0. The monoisotopic (exact) mass is 312 g/mol. The van der Waals surface area contributed by atoms with Crippen molar-refractivity contribution in [2.75, 3.05) is 13.2 Å². The van der Waals surface area contributed by atoms with E-state index in [1.54, 1.807) is 18.2 Å². The number of para-hydroxylation sites is 2. The van der Waals surface area contributed by atoms with Gasteiger partial charge in [-0.3, -0.25) is 0 Å². The lowest BCUT2D eigenvalue weighted by Gasteiger charge is -2.22. The maximum atomic E-state index is 12.3. The van der Waals surface area contributed by atoms with Crippen molar-refractivity contribution < 1.29 is 19.0 Å². The molecule has 1 atom stereocenters. The number of carbonyl (C=O) groups excluding carboxylic acids is 1. The van der Waals surface area contributed by atoms with Crippen LogP contribution in [0.2, 0.25) is 0 Å². The molecule has 0 N–H and O–H groups in total. The highest BCUT2D eigenvalue weighted by atomic mass is 16.6. The molecule has 1 aliphatic rings. The summed E-state index contributed by atoms with van der Waals surface area (Å²) in [5.74, 6) is 0.794. The predicted molar refractivity (Wildman–Crippen MR) is 86.8 cm³/mol. The van der Waals surface area contributed by atoms with Gasteiger partial charge in [-0.25, -0.2) is 4.79 Å². The van der Waals surface area contributed by atoms with Gasteiger partial charge >= 0.3 is 5.97 Å². The fraction of sp³-hybridized carbons (Fsp3) is 0.316. The molecular formula is C19H20O4. The third kappa shape index (κ3) is 4.33. The van der Waals surface area contributed by atoms with Gasteiger partial charge < -0.3 is 14.2 Å².